The highest BCUT2D eigenvalue weighted by Crippen LogP contribution is 2.27. The summed E-state index contributed by atoms with van der Waals surface area (Å²) in [5, 5.41) is 3.19. The Morgan fingerprint density at radius 1 is 1.19 bits per heavy atom. The number of carbonyl (C=O) groups is 1. The summed E-state index contributed by atoms with van der Waals surface area (Å²) < 4.78 is 5.18. The molecule has 7 nitrogen and oxygen atoms in total. The standard InChI is InChI=1S/C20H31N5O2/c1-27-13-17-11-19(22-14-21-17)24-9-6-18(7-10-24)25-8-2-3-15(12-25)20(26)23-16-4-5-16/h11,14-16,18H,2-10,12-13H2,1H3,(H,23,26)/t15-/m1/s1. The number of ether oxygens (including phenoxy) is 1. The number of nitrogens with one attached hydrogen (secondary N) is 1. The van der Waals surface area contributed by atoms with Crippen LogP contribution >= 0.6 is 0 Å². The Morgan fingerprint density at radius 3 is 2.74 bits per heavy atom. The summed E-state index contributed by atoms with van der Waals surface area (Å²) in [6.45, 7) is 4.58. The van der Waals surface area contributed by atoms with Gasteiger partial charge in [0, 0.05) is 44.9 Å². The molecule has 2 aliphatic heterocycles. The summed E-state index contributed by atoms with van der Waals surface area (Å²) >= 11 is 0. The second-order valence-corrected chi connectivity index (χ2v) is 8.14. The number of carbonyl (C=O) groups excluding carboxylic acids is 1. The zero-order chi connectivity index (χ0) is 18.6. The van der Waals surface area contributed by atoms with Crippen molar-refractivity contribution in [2.24, 2.45) is 5.92 Å². The van der Waals surface area contributed by atoms with E-state index in [2.05, 4.69) is 25.1 Å². The van der Waals surface area contributed by atoms with Gasteiger partial charge in [0.05, 0.1) is 18.2 Å². The molecule has 0 radical (unpaired) electrons. The second kappa shape index (κ2) is 8.52. The van der Waals surface area contributed by atoms with Crippen LogP contribution in [0.1, 0.15) is 44.2 Å². The third-order valence-electron chi connectivity index (χ3n) is 6.05. The highest BCUT2D eigenvalue weighted by atomic mass is 16.5. The van der Waals surface area contributed by atoms with Gasteiger partial charge in [0.1, 0.15) is 12.1 Å². The minimum absolute atomic E-state index is 0.177. The Morgan fingerprint density at radius 2 is 2.00 bits per heavy atom. The number of rotatable bonds is 6. The van der Waals surface area contributed by atoms with Gasteiger partial charge in [-0.25, -0.2) is 9.97 Å². The Kier molecular flexibility index (Phi) is 5.88. The fourth-order valence-corrected chi connectivity index (χ4v) is 4.34. The topological polar surface area (TPSA) is 70.6 Å². The molecule has 3 aliphatic rings. The van der Waals surface area contributed by atoms with Crippen molar-refractivity contribution in [2.45, 2.75) is 57.2 Å². The number of aromatic nitrogens is 2. The molecule has 4 rings (SSSR count). The summed E-state index contributed by atoms with van der Waals surface area (Å²) in [6, 6.07) is 3.08. The largest absolute Gasteiger partial charge is 0.378 e. The Balaban J connectivity index is 1.29. The molecule has 1 aromatic heterocycles. The van der Waals surface area contributed by atoms with E-state index in [-0.39, 0.29) is 11.8 Å². The van der Waals surface area contributed by atoms with Crippen LogP contribution in [-0.4, -0.2) is 66.1 Å². The smallest absolute Gasteiger partial charge is 0.224 e. The van der Waals surface area contributed by atoms with Crippen LogP contribution in [0.15, 0.2) is 12.4 Å². The number of nitrogens with zero attached hydrogens (tertiary/aromatic N) is 4. The number of hydrogen-bond donors (Lipinski definition) is 1. The summed E-state index contributed by atoms with van der Waals surface area (Å²) in [4.78, 5) is 26.0. The van der Waals surface area contributed by atoms with Crippen LogP contribution in [0.2, 0.25) is 0 Å². The third-order valence-corrected chi connectivity index (χ3v) is 6.05. The lowest BCUT2D eigenvalue weighted by atomic mass is 9.93. The summed E-state index contributed by atoms with van der Waals surface area (Å²) in [7, 11) is 1.68. The summed E-state index contributed by atoms with van der Waals surface area (Å²) in [6.07, 6.45) is 8.38. The van der Waals surface area contributed by atoms with Crippen LogP contribution in [0, 0.1) is 5.92 Å². The Labute approximate surface area is 161 Å². The minimum atomic E-state index is 0.177. The van der Waals surface area contributed by atoms with Crippen molar-refractivity contribution < 1.29 is 9.53 Å². The molecule has 2 saturated heterocycles. The maximum atomic E-state index is 12.4. The van der Waals surface area contributed by atoms with Crippen molar-refractivity contribution in [3.63, 3.8) is 0 Å². The zero-order valence-corrected chi connectivity index (χ0v) is 16.3. The van der Waals surface area contributed by atoms with Gasteiger partial charge in [-0.15, -0.1) is 0 Å². The van der Waals surface area contributed by atoms with Gasteiger partial charge in [-0.2, -0.15) is 0 Å². The molecule has 1 N–H and O–H groups in total. The molecule has 1 atom stereocenters. The molecule has 0 bridgehead atoms. The first-order chi connectivity index (χ1) is 13.2. The highest BCUT2D eigenvalue weighted by Gasteiger charge is 2.33. The number of piperidine rings is 2. The van der Waals surface area contributed by atoms with Crippen LogP contribution in [-0.2, 0) is 16.1 Å². The monoisotopic (exact) mass is 373 g/mol. The minimum Gasteiger partial charge on any atom is -0.378 e. The van der Waals surface area contributed by atoms with Crippen molar-refractivity contribution in [2.75, 3.05) is 38.2 Å². The van der Waals surface area contributed by atoms with E-state index in [1.54, 1.807) is 13.4 Å². The lowest BCUT2D eigenvalue weighted by Crippen LogP contribution is -2.51. The van der Waals surface area contributed by atoms with Gasteiger partial charge in [0.2, 0.25) is 5.91 Å². The lowest BCUT2D eigenvalue weighted by molar-refractivity contribution is -0.127. The number of amides is 1. The number of anilines is 1. The van der Waals surface area contributed by atoms with E-state index in [0.29, 0.717) is 18.7 Å². The van der Waals surface area contributed by atoms with E-state index < -0.39 is 0 Å². The van der Waals surface area contributed by atoms with Crippen LogP contribution in [0.5, 0.6) is 0 Å². The van der Waals surface area contributed by atoms with Gasteiger partial charge in [-0.3, -0.25) is 9.69 Å². The zero-order valence-electron chi connectivity index (χ0n) is 16.3. The molecular formula is C20H31N5O2. The van der Waals surface area contributed by atoms with Gasteiger partial charge in [-0.1, -0.05) is 0 Å². The molecule has 3 fully saturated rings. The summed E-state index contributed by atoms with van der Waals surface area (Å²) in [5.41, 5.74) is 0.921. The molecule has 27 heavy (non-hydrogen) atoms. The first-order valence-electron chi connectivity index (χ1n) is 10.3. The van der Waals surface area contributed by atoms with Crippen molar-refractivity contribution in [3.05, 3.63) is 18.1 Å². The summed E-state index contributed by atoms with van der Waals surface area (Å²) in [5.74, 6) is 1.46. The van der Waals surface area contributed by atoms with E-state index >= 15 is 0 Å². The quantitative estimate of drug-likeness (QED) is 0.816. The van der Waals surface area contributed by atoms with Crippen molar-refractivity contribution in [1.29, 1.82) is 0 Å². The maximum Gasteiger partial charge on any atom is 0.224 e. The van der Waals surface area contributed by atoms with Gasteiger partial charge in [0.25, 0.3) is 0 Å². The van der Waals surface area contributed by atoms with Crippen LogP contribution in [0.3, 0.4) is 0 Å². The van der Waals surface area contributed by atoms with E-state index in [9.17, 15) is 4.79 Å². The third kappa shape index (κ3) is 4.76. The lowest BCUT2D eigenvalue weighted by Gasteiger charge is -2.42. The average molecular weight is 374 g/mol. The Hall–Kier alpha value is -1.73. The average Bonchev–Trinajstić information content (AvgIpc) is 3.53. The number of methoxy groups -OCH3 is 1. The normalized spacial score (nSPS) is 24.8. The fraction of sp³-hybridized carbons (Fsp3) is 0.750. The van der Waals surface area contributed by atoms with Gasteiger partial charge < -0.3 is 15.0 Å². The predicted octanol–water partition coefficient (Wildman–Crippen LogP) is 1.58. The van der Waals surface area contributed by atoms with Crippen molar-refractivity contribution >= 4 is 11.7 Å². The number of hydrogen-bond acceptors (Lipinski definition) is 6. The first-order valence-corrected chi connectivity index (χ1v) is 10.3. The second-order valence-electron chi connectivity index (χ2n) is 8.14. The van der Waals surface area contributed by atoms with E-state index in [0.717, 1.165) is 76.2 Å². The van der Waals surface area contributed by atoms with Crippen LogP contribution in [0.25, 0.3) is 0 Å². The maximum absolute atomic E-state index is 12.4. The molecule has 0 spiro atoms. The molecule has 1 saturated carbocycles. The van der Waals surface area contributed by atoms with E-state index in [1.807, 2.05) is 6.07 Å². The molecule has 7 heteroatoms. The van der Waals surface area contributed by atoms with Gasteiger partial charge in [-0.05, 0) is 45.1 Å². The fourth-order valence-electron chi connectivity index (χ4n) is 4.34. The van der Waals surface area contributed by atoms with E-state index in [4.69, 9.17) is 4.74 Å². The van der Waals surface area contributed by atoms with Crippen molar-refractivity contribution in [1.82, 2.24) is 20.2 Å². The van der Waals surface area contributed by atoms with Crippen LogP contribution < -0.4 is 10.2 Å². The van der Waals surface area contributed by atoms with Gasteiger partial charge in [0.15, 0.2) is 0 Å². The SMILES string of the molecule is COCc1cc(N2CCC(N3CCC[C@@H](C(=O)NC4CC4)C3)CC2)ncn1. The molecule has 1 amide bonds. The molecule has 1 aromatic rings. The molecule has 0 aromatic carbocycles. The van der Waals surface area contributed by atoms with Crippen molar-refractivity contribution in [3.8, 4) is 0 Å². The number of likely N-dealkylation sites (tertiary alicyclic amines) is 1. The van der Waals surface area contributed by atoms with Gasteiger partial charge >= 0.3 is 0 Å². The Bertz CT molecular complexity index is 643. The molecule has 0 unspecified atom stereocenters. The van der Waals surface area contributed by atoms with Crippen LogP contribution in [0.4, 0.5) is 5.82 Å². The highest BCUT2D eigenvalue weighted by molar-refractivity contribution is 5.79. The predicted molar refractivity (Wildman–Crippen MR) is 103 cm³/mol. The molecule has 1 aliphatic carbocycles. The van der Waals surface area contributed by atoms with E-state index in [1.165, 1.54) is 0 Å². The molecule has 3 heterocycles. The molecule has 148 valence electrons. The first kappa shape index (κ1) is 18.6. The molecular weight excluding hydrogens is 342 g/mol.